The number of anilines is 1. The fourth-order valence-corrected chi connectivity index (χ4v) is 2.22. The van der Waals surface area contributed by atoms with Gasteiger partial charge in [0, 0.05) is 16.7 Å². The zero-order valence-corrected chi connectivity index (χ0v) is 12.4. The van der Waals surface area contributed by atoms with Crippen LogP contribution in [0.5, 0.6) is 5.75 Å². The Morgan fingerprint density at radius 2 is 2.00 bits per heavy atom. The highest BCUT2D eigenvalue weighted by Gasteiger charge is 2.04. The molecule has 4 heteroatoms. The van der Waals surface area contributed by atoms with E-state index in [1.807, 2.05) is 25.1 Å². The van der Waals surface area contributed by atoms with Gasteiger partial charge in [-0.1, -0.05) is 15.9 Å². The molecule has 2 rings (SSSR count). The number of methoxy groups -OCH3 is 1. The second kappa shape index (κ2) is 6.06. The zero-order chi connectivity index (χ0) is 13.8. The van der Waals surface area contributed by atoms with Crippen LogP contribution in [0.3, 0.4) is 0 Å². The van der Waals surface area contributed by atoms with Gasteiger partial charge in [-0.15, -0.1) is 0 Å². The SMILES string of the molecule is COc1ccc(NCc2cc(F)ccc2Br)c(C)c1. The van der Waals surface area contributed by atoms with Gasteiger partial charge in [0.15, 0.2) is 0 Å². The minimum Gasteiger partial charge on any atom is -0.497 e. The summed E-state index contributed by atoms with van der Waals surface area (Å²) in [5.41, 5.74) is 2.99. The van der Waals surface area contributed by atoms with E-state index in [2.05, 4.69) is 21.2 Å². The molecule has 0 aliphatic rings. The Hall–Kier alpha value is -1.55. The molecule has 0 saturated heterocycles. The highest BCUT2D eigenvalue weighted by atomic mass is 79.9. The number of nitrogens with one attached hydrogen (secondary N) is 1. The van der Waals surface area contributed by atoms with Crippen molar-refractivity contribution in [3.8, 4) is 5.75 Å². The summed E-state index contributed by atoms with van der Waals surface area (Å²) in [5.74, 6) is 0.599. The Labute approximate surface area is 120 Å². The van der Waals surface area contributed by atoms with E-state index in [0.717, 1.165) is 27.0 Å². The van der Waals surface area contributed by atoms with Crippen molar-refractivity contribution in [1.82, 2.24) is 0 Å². The fraction of sp³-hybridized carbons (Fsp3) is 0.200. The summed E-state index contributed by atoms with van der Waals surface area (Å²) in [6, 6.07) is 10.5. The predicted octanol–water partition coefficient (Wildman–Crippen LogP) is 4.52. The molecule has 2 aromatic carbocycles. The number of hydrogen-bond acceptors (Lipinski definition) is 2. The molecular weight excluding hydrogens is 309 g/mol. The van der Waals surface area contributed by atoms with Crippen molar-refractivity contribution in [2.75, 3.05) is 12.4 Å². The quantitative estimate of drug-likeness (QED) is 0.893. The smallest absolute Gasteiger partial charge is 0.123 e. The first-order valence-electron chi connectivity index (χ1n) is 5.92. The highest BCUT2D eigenvalue weighted by molar-refractivity contribution is 9.10. The van der Waals surface area contributed by atoms with Gasteiger partial charge in [-0.05, 0) is 54.4 Å². The van der Waals surface area contributed by atoms with Crippen LogP contribution < -0.4 is 10.1 Å². The van der Waals surface area contributed by atoms with E-state index in [1.54, 1.807) is 13.2 Å². The molecule has 0 aromatic heterocycles. The van der Waals surface area contributed by atoms with Crippen LogP contribution in [-0.2, 0) is 6.54 Å². The molecule has 1 N–H and O–H groups in total. The van der Waals surface area contributed by atoms with E-state index in [1.165, 1.54) is 12.1 Å². The van der Waals surface area contributed by atoms with E-state index < -0.39 is 0 Å². The van der Waals surface area contributed by atoms with E-state index in [0.29, 0.717) is 6.54 Å². The molecule has 2 aromatic rings. The molecule has 2 nitrogen and oxygen atoms in total. The molecule has 100 valence electrons. The summed E-state index contributed by atoms with van der Waals surface area (Å²) in [7, 11) is 1.64. The van der Waals surface area contributed by atoms with Crippen LogP contribution in [-0.4, -0.2) is 7.11 Å². The summed E-state index contributed by atoms with van der Waals surface area (Å²) in [6.07, 6.45) is 0. The topological polar surface area (TPSA) is 21.3 Å². The Balaban J connectivity index is 2.12. The summed E-state index contributed by atoms with van der Waals surface area (Å²) >= 11 is 3.42. The van der Waals surface area contributed by atoms with Crippen molar-refractivity contribution in [2.24, 2.45) is 0 Å². The summed E-state index contributed by atoms with van der Waals surface area (Å²) in [5, 5.41) is 3.30. The van der Waals surface area contributed by atoms with Crippen LogP contribution >= 0.6 is 15.9 Å². The maximum Gasteiger partial charge on any atom is 0.123 e. The van der Waals surface area contributed by atoms with Crippen molar-refractivity contribution in [3.63, 3.8) is 0 Å². The number of halogens is 2. The Morgan fingerprint density at radius 1 is 1.21 bits per heavy atom. The van der Waals surface area contributed by atoms with Gasteiger partial charge < -0.3 is 10.1 Å². The fourth-order valence-electron chi connectivity index (χ4n) is 1.83. The third-order valence-electron chi connectivity index (χ3n) is 2.91. The van der Waals surface area contributed by atoms with Gasteiger partial charge in [0.25, 0.3) is 0 Å². The third-order valence-corrected chi connectivity index (χ3v) is 3.68. The number of benzene rings is 2. The maximum atomic E-state index is 13.2. The van der Waals surface area contributed by atoms with Crippen LogP contribution in [0.1, 0.15) is 11.1 Å². The van der Waals surface area contributed by atoms with Crippen LogP contribution in [0.2, 0.25) is 0 Å². The molecule has 0 unspecified atom stereocenters. The lowest BCUT2D eigenvalue weighted by atomic mass is 10.1. The summed E-state index contributed by atoms with van der Waals surface area (Å²) in [4.78, 5) is 0. The number of rotatable bonds is 4. The van der Waals surface area contributed by atoms with Crippen molar-refractivity contribution in [2.45, 2.75) is 13.5 Å². The lowest BCUT2D eigenvalue weighted by molar-refractivity contribution is 0.414. The number of aryl methyl sites for hydroxylation is 1. The van der Waals surface area contributed by atoms with Crippen molar-refractivity contribution < 1.29 is 9.13 Å². The van der Waals surface area contributed by atoms with E-state index in [-0.39, 0.29) is 5.82 Å². The monoisotopic (exact) mass is 323 g/mol. The van der Waals surface area contributed by atoms with Gasteiger partial charge >= 0.3 is 0 Å². The largest absolute Gasteiger partial charge is 0.497 e. The molecule has 0 radical (unpaired) electrons. The highest BCUT2D eigenvalue weighted by Crippen LogP contribution is 2.23. The molecule has 0 atom stereocenters. The molecule has 19 heavy (non-hydrogen) atoms. The molecule has 0 aliphatic carbocycles. The molecule has 0 bridgehead atoms. The number of ether oxygens (including phenoxy) is 1. The molecule has 0 saturated carbocycles. The zero-order valence-electron chi connectivity index (χ0n) is 10.8. The van der Waals surface area contributed by atoms with Crippen LogP contribution in [0, 0.1) is 12.7 Å². The molecular formula is C15H15BrFNO. The first-order chi connectivity index (χ1) is 9.10. The lowest BCUT2D eigenvalue weighted by Gasteiger charge is -2.12. The van der Waals surface area contributed by atoms with E-state index in [9.17, 15) is 4.39 Å². The predicted molar refractivity (Wildman–Crippen MR) is 79.2 cm³/mol. The third kappa shape index (κ3) is 3.47. The van der Waals surface area contributed by atoms with Crippen molar-refractivity contribution in [3.05, 3.63) is 57.8 Å². The van der Waals surface area contributed by atoms with Gasteiger partial charge in [-0.25, -0.2) is 4.39 Å². The van der Waals surface area contributed by atoms with Crippen molar-refractivity contribution in [1.29, 1.82) is 0 Å². The minimum absolute atomic E-state index is 0.230. The standard InChI is InChI=1S/C15H15BrFNO/c1-10-7-13(19-2)4-6-15(10)18-9-11-8-12(17)3-5-14(11)16/h3-8,18H,9H2,1-2H3. The minimum atomic E-state index is -0.230. The van der Waals surface area contributed by atoms with Crippen molar-refractivity contribution >= 4 is 21.6 Å². The first kappa shape index (κ1) is 13.9. The number of hydrogen-bond donors (Lipinski definition) is 1. The van der Waals surface area contributed by atoms with Gasteiger partial charge in [0.05, 0.1) is 7.11 Å². The average Bonchev–Trinajstić information content (AvgIpc) is 2.40. The van der Waals surface area contributed by atoms with Crippen LogP contribution in [0.25, 0.3) is 0 Å². The van der Waals surface area contributed by atoms with E-state index >= 15 is 0 Å². The first-order valence-corrected chi connectivity index (χ1v) is 6.72. The Morgan fingerprint density at radius 3 is 2.68 bits per heavy atom. The summed E-state index contributed by atoms with van der Waals surface area (Å²) in [6.45, 7) is 2.57. The molecule has 0 fully saturated rings. The van der Waals surface area contributed by atoms with Crippen LogP contribution in [0.4, 0.5) is 10.1 Å². The average molecular weight is 324 g/mol. The molecule has 0 amide bonds. The molecule has 0 aliphatic heterocycles. The van der Waals surface area contributed by atoms with Gasteiger partial charge in [-0.3, -0.25) is 0 Å². The Kier molecular flexibility index (Phi) is 4.43. The van der Waals surface area contributed by atoms with Crippen LogP contribution in [0.15, 0.2) is 40.9 Å². The maximum absolute atomic E-state index is 13.2. The second-order valence-electron chi connectivity index (χ2n) is 4.27. The van der Waals surface area contributed by atoms with E-state index in [4.69, 9.17) is 4.74 Å². The van der Waals surface area contributed by atoms with Gasteiger partial charge in [-0.2, -0.15) is 0 Å². The normalized spacial score (nSPS) is 10.3. The molecule has 0 spiro atoms. The van der Waals surface area contributed by atoms with Gasteiger partial charge in [0.2, 0.25) is 0 Å². The second-order valence-corrected chi connectivity index (χ2v) is 5.12. The Bertz CT molecular complexity index is 586. The summed E-state index contributed by atoms with van der Waals surface area (Å²) < 4.78 is 19.2. The molecule has 0 heterocycles. The lowest BCUT2D eigenvalue weighted by Crippen LogP contribution is -2.02. The van der Waals surface area contributed by atoms with Gasteiger partial charge in [0.1, 0.15) is 11.6 Å².